The van der Waals surface area contributed by atoms with E-state index in [0.717, 1.165) is 37.5 Å². The van der Waals surface area contributed by atoms with Gasteiger partial charge >= 0.3 is 0 Å². The standard InChI is InChI=1S/C11H11FO3/c12-7-4-5-9(13)11(14)10(6-7)15-8-2-1-3-8/h4-6,8H,1-3H2,(H,13,14). The van der Waals surface area contributed by atoms with Crippen molar-refractivity contribution in [3.05, 3.63) is 34.2 Å². The molecule has 0 bridgehead atoms. The minimum atomic E-state index is -0.631. The summed E-state index contributed by atoms with van der Waals surface area (Å²) in [7, 11) is 0. The van der Waals surface area contributed by atoms with Gasteiger partial charge in [-0.05, 0) is 31.4 Å². The fraction of sp³-hybridized carbons (Fsp3) is 0.364. The summed E-state index contributed by atoms with van der Waals surface area (Å²) in [5.74, 6) is -1.18. The SMILES string of the molecule is O=c1ccc(F)cc(OC2CCC2)c1O. The summed E-state index contributed by atoms with van der Waals surface area (Å²) in [6, 6.07) is 3.03. The van der Waals surface area contributed by atoms with Crippen molar-refractivity contribution in [3.63, 3.8) is 0 Å². The predicted octanol–water partition coefficient (Wildman–Crippen LogP) is 1.82. The molecular weight excluding hydrogens is 199 g/mol. The van der Waals surface area contributed by atoms with Gasteiger partial charge in [0.1, 0.15) is 5.82 Å². The third-order valence-electron chi connectivity index (χ3n) is 2.48. The highest BCUT2D eigenvalue weighted by atomic mass is 19.1. The van der Waals surface area contributed by atoms with Gasteiger partial charge in [-0.3, -0.25) is 4.79 Å². The molecule has 3 nitrogen and oxygen atoms in total. The van der Waals surface area contributed by atoms with Crippen LogP contribution < -0.4 is 10.2 Å². The van der Waals surface area contributed by atoms with Crippen LogP contribution in [0.1, 0.15) is 19.3 Å². The minimum absolute atomic E-state index is 0.00269. The van der Waals surface area contributed by atoms with Gasteiger partial charge in [-0.15, -0.1) is 0 Å². The highest BCUT2D eigenvalue weighted by molar-refractivity contribution is 5.37. The Labute approximate surface area is 86.1 Å². The van der Waals surface area contributed by atoms with Crippen molar-refractivity contribution in [2.45, 2.75) is 25.4 Å². The van der Waals surface area contributed by atoms with Crippen molar-refractivity contribution in [3.8, 4) is 11.5 Å². The molecule has 0 unspecified atom stereocenters. The lowest BCUT2D eigenvalue weighted by molar-refractivity contribution is 0.116. The molecule has 0 heterocycles. The van der Waals surface area contributed by atoms with Crippen molar-refractivity contribution in [2.24, 2.45) is 0 Å². The van der Waals surface area contributed by atoms with Crippen molar-refractivity contribution in [1.29, 1.82) is 0 Å². The van der Waals surface area contributed by atoms with Crippen molar-refractivity contribution < 1.29 is 14.2 Å². The van der Waals surface area contributed by atoms with Gasteiger partial charge in [0, 0.05) is 6.07 Å². The summed E-state index contributed by atoms with van der Waals surface area (Å²) < 4.78 is 18.3. The maximum Gasteiger partial charge on any atom is 0.224 e. The Kier molecular flexibility index (Phi) is 2.58. The molecule has 0 aromatic heterocycles. The van der Waals surface area contributed by atoms with Gasteiger partial charge in [-0.25, -0.2) is 4.39 Å². The number of rotatable bonds is 2. The van der Waals surface area contributed by atoms with E-state index < -0.39 is 17.0 Å². The molecule has 1 aliphatic carbocycles. The topological polar surface area (TPSA) is 46.5 Å². The van der Waals surface area contributed by atoms with E-state index in [1.54, 1.807) is 0 Å². The Morgan fingerprint density at radius 1 is 1.40 bits per heavy atom. The van der Waals surface area contributed by atoms with Gasteiger partial charge in [-0.2, -0.15) is 0 Å². The lowest BCUT2D eigenvalue weighted by atomic mass is 9.96. The van der Waals surface area contributed by atoms with E-state index in [4.69, 9.17) is 4.74 Å². The molecule has 0 spiro atoms. The minimum Gasteiger partial charge on any atom is -0.502 e. The second kappa shape index (κ2) is 3.88. The van der Waals surface area contributed by atoms with E-state index in [2.05, 4.69) is 0 Å². The fourth-order valence-corrected chi connectivity index (χ4v) is 1.36. The van der Waals surface area contributed by atoms with Crippen LogP contribution in [0.4, 0.5) is 4.39 Å². The van der Waals surface area contributed by atoms with E-state index in [9.17, 15) is 14.3 Å². The van der Waals surface area contributed by atoms with Crippen LogP contribution in [-0.2, 0) is 0 Å². The van der Waals surface area contributed by atoms with E-state index in [-0.39, 0.29) is 11.9 Å². The number of halogens is 1. The van der Waals surface area contributed by atoms with Crippen LogP contribution in [0.25, 0.3) is 0 Å². The van der Waals surface area contributed by atoms with Crippen molar-refractivity contribution >= 4 is 0 Å². The average Bonchev–Trinajstić information content (AvgIpc) is 2.26. The number of aromatic hydroxyl groups is 1. The molecule has 1 fully saturated rings. The summed E-state index contributed by atoms with van der Waals surface area (Å²) in [6.45, 7) is 0. The molecule has 4 heteroatoms. The lowest BCUT2D eigenvalue weighted by Crippen LogP contribution is -2.24. The van der Waals surface area contributed by atoms with Crippen LogP contribution in [0.5, 0.6) is 11.5 Å². The highest BCUT2D eigenvalue weighted by Gasteiger charge is 2.21. The molecule has 1 saturated carbocycles. The molecule has 80 valence electrons. The molecular formula is C11H11FO3. The molecule has 0 radical (unpaired) electrons. The summed E-state index contributed by atoms with van der Waals surface area (Å²) in [5, 5.41) is 9.45. The first kappa shape index (κ1) is 9.96. The third kappa shape index (κ3) is 2.09. The Balaban J connectivity index is 2.36. The lowest BCUT2D eigenvalue weighted by Gasteiger charge is -2.26. The maximum absolute atomic E-state index is 13.0. The van der Waals surface area contributed by atoms with Gasteiger partial charge in [0.05, 0.1) is 6.10 Å². The quantitative estimate of drug-likeness (QED) is 0.809. The first-order valence-electron chi connectivity index (χ1n) is 4.86. The molecule has 2 rings (SSSR count). The number of ether oxygens (including phenoxy) is 1. The zero-order valence-electron chi connectivity index (χ0n) is 8.07. The highest BCUT2D eigenvalue weighted by Crippen LogP contribution is 2.29. The molecule has 0 aliphatic heterocycles. The first-order valence-corrected chi connectivity index (χ1v) is 4.86. The number of hydrogen-bond acceptors (Lipinski definition) is 3. The van der Waals surface area contributed by atoms with Crippen molar-refractivity contribution in [1.82, 2.24) is 0 Å². The van der Waals surface area contributed by atoms with Crippen LogP contribution in [0.2, 0.25) is 0 Å². The smallest absolute Gasteiger partial charge is 0.224 e. The third-order valence-corrected chi connectivity index (χ3v) is 2.48. The van der Waals surface area contributed by atoms with Crippen LogP contribution in [-0.4, -0.2) is 11.2 Å². The van der Waals surface area contributed by atoms with Crippen molar-refractivity contribution in [2.75, 3.05) is 0 Å². The van der Waals surface area contributed by atoms with E-state index >= 15 is 0 Å². The molecule has 1 N–H and O–H groups in total. The van der Waals surface area contributed by atoms with Gasteiger partial charge < -0.3 is 9.84 Å². The predicted molar refractivity (Wildman–Crippen MR) is 52.6 cm³/mol. The zero-order valence-corrected chi connectivity index (χ0v) is 8.07. The monoisotopic (exact) mass is 210 g/mol. The number of hydrogen-bond donors (Lipinski definition) is 1. The molecule has 0 amide bonds. The summed E-state index contributed by atoms with van der Waals surface area (Å²) in [5.41, 5.74) is -0.631. The van der Waals surface area contributed by atoms with E-state index in [1.807, 2.05) is 0 Å². The first-order chi connectivity index (χ1) is 7.16. The second-order valence-electron chi connectivity index (χ2n) is 3.61. The normalized spacial score (nSPS) is 15.8. The molecule has 0 saturated heterocycles. The van der Waals surface area contributed by atoms with Gasteiger partial charge in [0.25, 0.3) is 0 Å². The van der Waals surface area contributed by atoms with Crippen LogP contribution >= 0.6 is 0 Å². The van der Waals surface area contributed by atoms with Gasteiger partial charge in [0.2, 0.25) is 11.2 Å². The molecule has 1 aromatic carbocycles. The Bertz CT molecular complexity index is 427. The van der Waals surface area contributed by atoms with E-state index in [0.29, 0.717) is 0 Å². The summed E-state index contributed by atoms with van der Waals surface area (Å²) in [4.78, 5) is 11.2. The Hall–Kier alpha value is -1.58. The molecule has 1 aromatic rings. The zero-order chi connectivity index (χ0) is 10.8. The Morgan fingerprint density at radius 3 is 2.73 bits per heavy atom. The van der Waals surface area contributed by atoms with Crippen LogP contribution in [0, 0.1) is 5.82 Å². The molecule has 0 atom stereocenters. The van der Waals surface area contributed by atoms with Crippen LogP contribution in [0.15, 0.2) is 23.0 Å². The van der Waals surface area contributed by atoms with E-state index in [1.165, 1.54) is 0 Å². The average molecular weight is 210 g/mol. The van der Waals surface area contributed by atoms with Gasteiger partial charge in [-0.1, -0.05) is 0 Å². The maximum atomic E-state index is 13.0. The second-order valence-corrected chi connectivity index (χ2v) is 3.61. The fourth-order valence-electron chi connectivity index (χ4n) is 1.36. The largest absolute Gasteiger partial charge is 0.502 e. The Morgan fingerprint density at radius 2 is 2.13 bits per heavy atom. The molecule has 15 heavy (non-hydrogen) atoms. The van der Waals surface area contributed by atoms with Gasteiger partial charge in [0.15, 0.2) is 5.75 Å². The molecule has 1 aliphatic rings. The van der Waals surface area contributed by atoms with Crippen LogP contribution in [0.3, 0.4) is 0 Å². The summed E-state index contributed by atoms with van der Waals surface area (Å²) >= 11 is 0. The summed E-state index contributed by atoms with van der Waals surface area (Å²) in [6.07, 6.45) is 2.83.